The molecule has 0 unspecified atom stereocenters. The number of ether oxygens (including phenoxy) is 2. The van der Waals surface area contributed by atoms with Gasteiger partial charge in [0.1, 0.15) is 5.15 Å². The largest absolute Gasteiger partial charge is 0.448 e. The number of hydrogen-bond donors (Lipinski definition) is 1. The summed E-state index contributed by atoms with van der Waals surface area (Å²) in [6.07, 6.45) is -1.21. The number of rotatable bonds is 6. The highest BCUT2D eigenvalue weighted by Gasteiger charge is 2.28. The predicted molar refractivity (Wildman–Crippen MR) is 119 cm³/mol. The van der Waals surface area contributed by atoms with Gasteiger partial charge in [0.05, 0.1) is 23.1 Å². The van der Waals surface area contributed by atoms with Gasteiger partial charge in [0, 0.05) is 18.8 Å². The molecule has 0 bridgehead atoms. The number of hydrogen-bond acceptors (Lipinski definition) is 7. The highest BCUT2D eigenvalue weighted by molar-refractivity contribution is 7.89. The Morgan fingerprint density at radius 2 is 1.88 bits per heavy atom. The third-order valence-electron chi connectivity index (χ3n) is 4.70. The standard InChI is InChI=1S/C20H21Cl2N3O6S/c1-12-3-4-14(11-16(12)32(28,29)25-7-9-30-10-8-25)23-19(26)13(2)31-20(27)18-15(21)5-6-17(22)24-18/h3-6,11,13H,7-10H2,1-2H3,(H,23,26)/t13-/m1/s1. The van der Waals surface area contributed by atoms with Crippen molar-refractivity contribution in [2.24, 2.45) is 0 Å². The lowest BCUT2D eigenvalue weighted by molar-refractivity contribution is -0.123. The van der Waals surface area contributed by atoms with Gasteiger partial charge in [0.2, 0.25) is 10.0 Å². The van der Waals surface area contributed by atoms with Gasteiger partial charge in [-0.25, -0.2) is 18.2 Å². The third-order valence-corrected chi connectivity index (χ3v) is 7.26. The zero-order valence-corrected chi connectivity index (χ0v) is 19.6. The van der Waals surface area contributed by atoms with E-state index in [9.17, 15) is 18.0 Å². The summed E-state index contributed by atoms with van der Waals surface area (Å²) < 4.78 is 37.7. The molecule has 0 saturated carbocycles. The first-order valence-corrected chi connectivity index (χ1v) is 11.8. The van der Waals surface area contributed by atoms with Crippen LogP contribution in [0.2, 0.25) is 10.2 Å². The molecule has 172 valence electrons. The van der Waals surface area contributed by atoms with Gasteiger partial charge >= 0.3 is 5.97 Å². The summed E-state index contributed by atoms with van der Waals surface area (Å²) in [7, 11) is -3.75. The van der Waals surface area contributed by atoms with Crippen molar-refractivity contribution in [2.75, 3.05) is 31.6 Å². The molecule has 3 rings (SSSR count). The van der Waals surface area contributed by atoms with Gasteiger partial charge in [-0.2, -0.15) is 4.31 Å². The molecule has 1 N–H and O–H groups in total. The number of aryl methyl sites for hydroxylation is 1. The van der Waals surface area contributed by atoms with Crippen molar-refractivity contribution in [3.63, 3.8) is 0 Å². The first-order valence-electron chi connectivity index (χ1n) is 9.62. The third kappa shape index (κ3) is 5.57. The summed E-state index contributed by atoms with van der Waals surface area (Å²) in [6, 6.07) is 7.34. The molecule has 1 amide bonds. The van der Waals surface area contributed by atoms with E-state index in [0.717, 1.165) is 0 Å². The lowest BCUT2D eigenvalue weighted by Gasteiger charge is -2.27. The molecule has 0 spiro atoms. The van der Waals surface area contributed by atoms with Crippen molar-refractivity contribution >= 4 is 50.8 Å². The number of carbonyl (C=O) groups is 2. The van der Waals surface area contributed by atoms with E-state index in [1.165, 1.54) is 29.4 Å². The van der Waals surface area contributed by atoms with Crippen LogP contribution in [0, 0.1) is 6.92 Å². The molecule has 1 aromatic heterocycles. The maximum Gasteiger partial charge on any atom is 0.359 e. The fraction of sp³-hybridized carbons (Fsp3) is 0.350. The van der Waals surface area contributed by atoms with Gasteiger partial charge in [0.25, 0.3) is 5.91 Å². The van der Waals surface area contributed by atoms with E-state index in [-0.39, 0.29) is 39.5 Å². The molecular weight excluding hydrogens is 481 g/mol. The molecule has 1 aromatic carbocycles. The topological polar surface area (TPSA) is 115 Å². The molecule has 32 heavy (non-hydrogen) atoms. The number of nitrogens with zero attached hydrogens (tertiary/aromatic N) is 2. The summed E-state index contributed by atoms with van der Waals surface area (Å²) in [6.45, 7) is 4.19. The minimum atomic E-state index is -3.75. The number of pyridine rings is 1. The molecule has 0 aliphatic carbocycles. The van der Waals surface area contributed by atoms with Crippen LogP contribution in [0.25, 0.3) is 0 Å². The Morgan fingerprint density at radius 3 is 2.56 bits per heavy atom. The second-order valence-electron chi connectivity index (χ2n) is 7.00. The molecule has 0 radical (unpaired) electrons. The van der Waals surface area contributed by atoms with Crippen molar-refractivity contribution < 1.29 is 27.5 Å². The number of amides is 1. The van der Waals surface area contributed by atoms with Gasteiger partial charge in [-0.15, -0.1) is 0 Å². The summed E-state index contributed by atoms with van der Waals surface area (Å²) in [4.78, 5) is 28.7. The van der Waals surface area contributed by atoms with E-state index in [1.54, 1.807) is 19.1 Å². The van der Waals surface area contributed by atoms with Crippen molar-refractivity contribution in [1.29, 1.82) is 0 Å². The Hall–Kier alpha value is -2.24. The van der Waals surface area contributed by atoms with Crippen LogP contribution in [0.4, 0.5) is 5.69 Å². The van der Waals surface area contributed by atoms with Crippen LogP contribution in [0.15, 0.2) is 35.2 Å². The molecule has 1 atom stereocenters. The average molecular weight is 502 g/mol. The van der Waals surface area contributed by atoms with E-state index >= 15 is 0 Å². The zero-order valence-electron chi connectivity index (χ0n) is 17.3. The number of aromatic nitrogens is 1. The SMILES string of the molecule is Cc1ccc(NC(=O)[C@@H](C)OC(=O)c2nc(Cl)ccc2Cl)cc1S(=O)(=O)N1CCOCC1. The fourth-order valence-corrected chi connectivity index (χ4v) is 4.95. The Kier molecular flexibility index (Phi) is 7.73. The van der Waals surface area contributed by atoms with E-state index in [2.05, 4.69) is 10.3 Å². The zero-order chi connectivity index (χ0) is 23.5. The molecule has 1 aliphatic heterocycles. The smallest absolute Gasteiger partial charge is 0.359 e. The van der Waals surface area contributed by atoms with Gasteiger partial charge < -0.3 is 14.8 Å². The fourth-order valence-electron chi connectivity index (χ4n) is 2.96. The van der Waals surface area contributed by atoms with Gasteiger partial charge in [-0.3, -0.25) is 4.79 Å². The molecule has 12 heteroatoms. The first-order chi connectivity index (χ1) is 15.1. The Bertz CT molecular complexity index is 1140. The summed E-state index contributed by atoms with van der Waals surface area (Å²) in [5, 5.41) is 2.64. The van der Waals surface area contributed by atoms with Crippen LogP contribution in [0.1, 0.15) is 23.0 Å². The number of halogens is 2. The van der Waals surface area contributed by atoms with Gasteiger partial charge in [0.15, 0.2) is 11.8 Å². The highest BCUT2D eigenvalue weighted by atomic mass is 35.5. The number of nitrogens with one attached hydrogen (secondary N) is 1. The van der Waals surface area contributed by atoms with Gasteiger partial charge in [-0.1, -0.05) is 29.3 Å². The number of sulfonamides is 1. The lowest BCUT2D eigenvalue weighted by Crippen LogP contribution is -2.40. The molecule has 2 heterocycles. The average Bonchev–Trinajstić information content (AvgIpc) is 2.77. The summed E-state index contributed by atoms with van der Waals surface area (Å²) in [5.41, 5.74) is 0.568. The summed E-state index contributed by atoms with van der Waals surface area (Å²) in [5.74, 6) is -1.57. The minimum Gasteiger partial charge on any atom is -0.448 e. The van der Waals surface area contributed by atoms with Crippen molar-refractivity contribution in [3.05, 3.63) is 51.8 Å². The maximum atomic E-state index is 13.0. The Morgan fingerprint density at radius 1 is 1.19 bits per heavy atom. The monoisotopic (exact) mass is 501 g/mol. The Balaban J connectivity index is 1.72. The van der Waals surface area contributed by atoms with E-state index in [4.69, 9.17) is 32.7 Å². The quantitative estimate of drug-likeness (QED) is 0.477. The van der Waals surface area contributed by atoms with Crippen LogP contribution in [0.3, 0.4) is 0 Å². The van der Waals surface area contributed by atoms with Crippen LogP contribution >= 0.6 is 23.2 Å². The van der Waals surface area contributed by atoms with Crippen molar-refractivity contribution in [1.82, 2.24) is 9.29 Å². The predicted octanol–water partition coefficient (Wildman–Crippen LogP) is 2.90. The minimum absolute atomic E-state index is 0.0310. The molecule has 1 fully saturated rings. The van der Waals surface area contributed by atoms with E-state index < -0.39 is 28.0 Å². The number of esters is 1. The number of carbonyl (C=O) groups excluding carboxylic acids is 2. The van der Waals surface area contributed by atoms with Gasteiger partial charge in [-0.05, 0) is 43.7 Å². The van der Waals surface area contributed by atoms with E-state index in [0.29, 0.717) is 18.8 Å². The highest BCUT2D eigenvalue weighted by Crippen LogP contribution is 2.25. The molecule has 9 nitrogen and oxygen atoms in total. The summed E-state index contributed by atoms with van der Waals surface area (Å²) >= 11 is 11.7. The van der Waals surface area contributed by atoms with Crippen molar-refractivity contribution in [3.8, 4) is 0 Å². The number of anilines is 1. The number of morpholine rings is 1. The van der Waals surface area contributed by atoms with Crippen LogP contribution in [-0.2, 0) is 24.3 Å². The van der Waals surface area contributed by atoms with Crippen molar-refractivity contribution in [2.45, 2.75) is 24.8 Å². The number of benzene rings is 1. The molecular formula is C20H21Cl2N3O6S. The first kappa shape index (κ1) is 24.4. The molecule has 1 aliphatic rings. The second-order valence-corrected chi connectivity index (χ2v) is 9.70. The lowest BCUT2D eigenvalue weighted by atomic mass is 10.2. The Labute approximate surface area is 195 Å². The van der Waals surface area contributed by atoms with Crippen LogP contribution < -0.4 is 5.32 Å². The van der Waals surface area contributed by atoms with E-state index in [1.807, 2.05) is 0 Å². The van der Waals surface area contributed by atoms with Crippen LogP contribution in [-0.4, -0.2) is 62.0 Å². The second kappa shape index (κ2) is 10.1. The molecule has 1 saturated heterocycles. The normalized spacial score (nSPS) is 15.8. The van der Waals surface area contributed by atoms with Crippen LogP contribution in [0.5, 0.6) is 0 Å². The molecule has 2 aromatic rings. The maximum absolute atomic E-state index is 13.0.